The molecule has 0 fully saturated rings. The summed E-state index contributed by atoms with van der Waals surface area (Å²) in [4.78, 5) is 2.50. The van der Waals surface area contributed by atoms with Crippen LogP contribution in [0.4, 0.5) is 5.69 Å². The average Bonchev–Trinajstić information content (AvgIpc) is 2.26. The lowest BCUT2D eigenvalue weighted by Gasteiger charge is -2.41. The van der Waals surface area contributed by atoms with Crippen LogP contribution in [0.2, 0.25) is 0 Å². The summed E-state index contributed by atoms with van der Waals surface area (Å²) in [5, 5.41) is 0. The van der Waals surface area contributed by atoms with Gasteiger partial charge in [-0.25, -0.2) is 0 Å². The molecule has 1 aromatic carbocycles. The topological polar surface area (TPSA) is 29.3 Å². The van der Waals surface area contributed by atoms with E-state index in [0.717, 1.165) is 18.5 Å². The molecule has 17 heavy (non-hydrogen) atoms. The first-order chi connectivity index (χ1) is 7.89. The molecule has 0 aliphatic heterocycles. The minimum Gasteiger partial charge on any atom is -0.398 e. The van der Waals surface area contributed by atoms with Crippen LogP contribution in [0.15, 0.2) is 18.2 Å². The van der Waals surface area contributed by atoms with Crippen molar-refractivity contribution in [1.29, 1.82) is 0 Å². The maximum atomic E-state index is 6.04. The van der Waals surface area contributed by atoms with E-state index in [0.29, 0.717) is 6.04 Å². The van der Waals surface area contributed by atoms with E-state index >= 15 is 0 Å². The zero-order valence-corrected chi connectivity index (χ0v) is 11.5. The molecule has 1 aliphatic rings. The maximum absolute atomic E-state index is 6.04. The number of hydrogen-bond donors (Lipinski definition) is 1. The summed E-state index contributed by atoms with van der Waals surface area (Å²) in [5.74, 6) is 0. The van der Waals surface area contributed by atoms with Crippen molar-refractivity contribution in [3.05, 3.63) is 29.3 Å². The minimum atomic E-state index is 0.239. The lowest BCUT2D eigenvalue weighted by molar-refractivity contribution is 0.107. The number of benzene rings is 1. The fraction of sp³-hybridized carbons (Fsp3) is 0.600. The van der Waals surface area contributed by atoms with Crippen molar-refractivity contribution in [1.82, 2.24) is 4.90 Å². The van der Waals surface area contributed by atoms with Crippen LogP contribution in [0.3, 0.4) is 0 Å². The van der Waals surface area contributed by atoms with Gasteiger partial charge in [-0.2, -0.15) is 0 Å². The maximum Gasteiger partial charge on any atom is 0.0349 e. The van der Waals surface area contributed by atoms with E-state index in [4.69, 9.17) is 5.73 Å². The van der Waals surface area contributed by atoms with Gasteiger partial charge in [-0.3, -0.25) is 4.90 Å². The normalized spacial score (nSPS) is 20.4. The Hall–Kier alpha value is -1.02. The molecular weight excluding hydrogens is 208 g/mol. The van der Waals surface area contributed by atoms with Crippen molar-refractivity contribution in [2.24, 2.45) is 0 Å². The fourth-order valence-corrected chi connectivity index (χ4v) is 2.70. The predicted molar refractivity (Wildman–Crippen MR) is 74.2 cm³/mol. The molecule has 0 aromatic heterocycles. The average molecular weight is 232 g/mol. The van der Waals surface area contributed by atoms with Gasteiger partial charge in [0.25, 0.3) is 0 Å². The monoisotopic (exact) mass is 232 g/mol. The number of anilines is 1. The summed E-state index contributed by atoms with van der Waals surface area (Å²) in [7, 11) is 2.24. The van der Waals surface area contributed by atoms with Crippen LogP contribution in [0, 0.1) is 0 Å². The molecule has 0 heterocycles. The van der Waals surface area contributed by atoms with E-state index in [1.54, 1.807) is 0 Å². The van der Waals surface area contributed by atoms with Crippen LogP contribution in [-0.2, 0) is 12.8 Å². The number of likely N-dealkylation sites (N-methyl/N-ethyl adjacent to an activating group) is 1. The Bertz CT molecular complexity index is 404. The van der Waals surface area contributed by atoms with Gasteiger partial charge >= 0.3 is 0 Å². The molecule has 1 aromatic rings. The van der Waals surface area contributed by atoms with Gasteiger partial charge in [-0.1, -0.05) is 12.1 Å². The summed E-state index contributed by atoms with van der Waals surface area (Å²) in [6.07, 6.45) is 3.47. The molecule has 0 bridgehead atoms. The van der Waals surface area contributed by atoms with Gasteiger partial charge in [0.05, 0.1) is 0 Å². The highest BCUT2D eigenvalue weighted by Gasteiger charge is 2.28. The largest absolute Gasteiger partial charge is 0.398 e. The van der Waals surface area contributed by atoms with Crippen LogP contribution in [0.1, 0.15) is 38.3 Å². The molecule has 1 atom stereocenters. The Balaban J connectivity index is 2.20. The Morgan fingerprint density at radius 1 is 1.29 bits per heavy atom. The van der Waals surface area contributed by atoms with Gasteiger partial charge < -0.3 is 5.73 Å². The highest BCUT2D eigenvalue weighted by atomic mass is 15.2. The summed E-state index contributed by atoms with van der Waals surface area (Å²) < 4.78 is 0. The van der Waals surface area contributed by atoms with Crippen molar-refractivity contribution in [3.63, 3.8) is 0 Å². The smallest absolute Gasteiger partial charge is 0.0349 e. The molecule has 1 aliphatic carbocycles. The molecular formula is C15H24N2. The van der Waals surface area contributed by atoms with Crippen molar-refractivity contribution in [2.75, 3.05) is 12.8 Å². The Kier molecular flexibility index (Phi) is 3.17. The van der Waals surface area contributed by atoms with Gasteiger partial charge in [0.15, 0.2) is 0 Å². The van der Waals surface area contributed by atoms with Crippen LogP contribution >= 0.6 is 0 Å². The molecule has 0 saturated heterocycles. The standard InChI is InChI=1S/C15H24N2/c1-15(2,3)17(4)12-8-9-13-11(10-12)6-5-7-14(13)16/h5-7,12H,8-10,16H2,1-4H3. The highest BCUT2D eigenvalue weighted by Crippen LogP contribution is 2.30. The van der Waals surface area contributed by atoms with Gasteiger partial charge in [-0.15, -0.1) is 0 Å². The van der Waals surface area contributed by atoms with Crippen molar-refractivity contribution in [3.8, 4) is 0 Å². The van der Waals surface area contributed by atoms with Crippen LogP contribution < -0.4 is 5.73 Å². The first-order valence-corrected chi connectivity index (χ1v) is 6.49. The summed E-state index contributed by atoms with van der Waals surface area (Å²) >= 11 is 0. The third-order valence-corrected chi connectivity index (χ3v) is 4.10. The van der Waals surface area contributed by atoms with E-state index in [2.05, 4.69) is 44.9 Å². The lowest BCUT2D eigenvalue weighted by atomic mass is 9.85. The number of nitrogens with two attached hydrogens (primary N) is 1. The van der Waals surface area contributed by atoms with Gasteiger partial charge in [0, 0.05) is 17.3 Å². The molecule has 2 rings (SSSR count). The molecule has 2 heteroatoms. The fourth-order valence-electron chi connectivity index (χ4n) is 2.70. The van der Waals surface area contributed by atoms with Crippen LogP contribution in [0.5, 0.6) is 0 Å². The first-order valence-electron chi connectivity index (χ1n) is 6.49. The third-order valence-electron chi connectivity index (χ3n) is 4.10. The Morgan fingerprint density at radius 3 is 2.65 bits per heavy atom. The number of hydrogen-bond acceptors (Lipinski definition) is 2. The van der Waals surface area contributed by atoms with Crippen LogP contribution in [0.25, 0.3) is 0 Å². The van der Waals surface area contributed by atoms with E-state index in [9.17, 15) is 0 Å². The highest BCUT2D eigenvalue weighted by molar-refractivity contribution is 5.52. The molecule has 0 radical (unpaired) electrons. The quantitative estimate of drug-likeness (QED) is 0.754. The summed E-state index contributed by atoms with van der Waals surface area (Å²) in [5.41, 5.74) is 10.1. The summed E-state index contributed by atoms with van der Waals surface area (Å²) in [6, 6.07) is 6.97. The number of fused-ring (bicyclic) bond motifs is 1. The Morgan fingerprint density at radius 2 is 2.00 bits per heavy atom. The van der Waals surface area contributed by atoms with E-state index in [-0.39, 0.29) is 5.54 Å². The molecule has 1 unspecified atom stereocenters. The van der Waals surface area contributed by atoms with Gasteiger partial charge in [-0.05, 0) is 64.3 Å². The van der Waals surface area contributed by atoms with Crippen molar-refractivity contribution >= 4 is 5.69 Å². The van der Waals surface area contributed by atoms with Crippen LogP contribution in [-0.4, -0.2) is 23.5 Å². The molecule has 0 saturated carbocycles. The van der Waals surface area contributed by atoms with Crippen molar-refractivity contribution < 1.29 is 0 Å². The summed E-state index contributed by atoms with van der Waals surface area (Å²) in [6.45, 7) is 6.84. The number of rotatable bonds is 1. The molecule has 0 spiro atoms. The second kappa shape index (κ2) is 4.34. The van der Waals surface area contributed by atoms with Gasteiger partial charge in [0.1, 0.15) is 0 Å². The van der Waals surface area contributed by atoms with E-state index in [1.165, 1.54) is 17.5 Å². The molecule has 2 nitrogen and oxygen atoms in total. The van der Waals surface area contributed by atoms with E-state index in [1.807, 2.05) is 6.07 Å². The molecule has 94 valence electrons. The zero-order valence-electron chi connectivity index (χ0n) is 11.5. The second-order valence-corrected chi connectivity index (χ2v) is 6.16. The first kappa shape index (κ1) is 12.4. The third kappa shape index (κ3) is 2.47. The molecule has 0 amide bonds. The van der Waals surface area contributed by atoms with Gasteiger partial charge in [0.2, 0.25) is 0 Å². The number of nitrogen functional groups attached to an aromatic ring is 1. The minimum absolute atomic E-state index is 0.239. The van der Waals surface area contributed by atoms with E-state index < -0.39 is 0 Å². The number of nitrogens with zero attached hydrogens (tertiary/aromatic N) is 1. The Labute approximate surface area is 105 Å². The molecule has 2 N–H and O–H groups in total. The predicted octanol–water partition coefficient (Wildman–Crippen LogP) is 2.86. The second-order valence-electron chi connectivity index (χ2n) is 6.16. The SMILES string of the molecule is CN(C1CCc2c(N)cccc2C1)C(C)(C)C. The zero-order chi connectivity index (χ0) is 12.6. The van der Waals surface area contributed by atoms with Crippen molar-refractivity contribution in [2.45, 2.75) is 51.6 Å². The lowest BCUT2D eigenvalue weighted by Crippen LogP contribution is -2.47.